The molecule has 2 aromatic rings. The largest absolute Gasteiger partial charge is 0.294 e. The summed E-state index contributed by atoms with van der Waals surface area (Å²) >= 11 is 5.77. The SMILES string of the molecule is O=C1CCc2ccc(-c3cccc(Cl)c3F)cc21. The van der Waals surface area contributed by atoms with Gasteiger partial charge in [0.05, 0.1) is 5.02 Å². The first-order chi connectivity index (χ1) is 8.66. The number of carbonyl (C=O) groups excluding carboxylic acids is 1. The topological polar surface area (TPSA) is 17.1 Å². The lowest BCUT2D eigenvalue weighted by Gasteiger charge is -2.06. The number of rotatable bonds is 1. The number of halogens is 2. The van der Waals surface area contributed by atoms with Gasteiger partial charge >= 0.3 is 0 Å². The summed E-state index contributed by atoms with van der Waals surface area (Å²) in [6, 6.07) is 10.4. The van der Waals surface area contributed by atoms with Gasteiger partial charge in [0, 0.05) is 17.5 Å². The molecule has 90 valence electrons. The Balaban J connectivity index is 2.16. The zero-order valence-electron chi connectivity index (χ0n) is 9.54. The van der Waals surface area contributed by atoms with E-state index in [1.165, 1.54) is 6.07 Å². The van der Waals surface area contributed by atoms with E-state index in [2.05, 4.69) is 0 Å². The van der Waals surface area contributed by atoms with E-state index in [1.807, 2.05) is 12.1 Å². The van der Waals surface area contributed by atoms with Crippen molar-refractivity contribution in [3.63, 3.8) is 0 Å². The van der Waals surface area contributed by atoms with Crippen LogP contribution in [-0.4, -0.2) is 5.78 Å². The lowest BCUT2D eigenvalue weighted by atomic mass is 10.00. The van der Waals surface area contributed by atoms with Crippen molar-refractivity contribution in [1.82, 2.24) is 0 Å². The zero-order valence-corrected chi connectivity index (χ0v) is 10.3. The summed E-state index contributed by atoms with van der Waals surface area (Å²) in [5.74, 6) is -0.307. The van der Waals surface area contributed by atoms with Crippen molar-refractivity contribution in [3.05, 3.63) is 58.4 Å². The molecule has 0 saturated heterocycles. The maximum Gasteiger partial charge on any atom is 0.163 e. The van der Waals surface area contributed by atoms with Crippen molar-refractivity contribution in [3.8, 4) is 11.1 Å². The second kappa shape index (κ2) is 4.21. The predicted octanol–water partition coefficient (Wildman–Crippen LogP) is 4.28. The predicted molar refractivity (Wildman–Crippen MR) is 69.5 cm³/mol. The first kappa shape index (κ1) is 11.4. The molecule has 1 nitrogen and oxygen atoms in total. The third-order valence-corrected chi connectivity index (χ3v) is 3.59. The van der Waals surface area contributed by atoms with Crippen LogP contribution < -0.4 is 0 Å². The molecule has 0 spiro atoms. The molecule has 0 bridgehead atoms. The highest BCUT2D eigenvalue weighted by Gasteiger charge is 2.20. The van der Waals surface area contributed by atoms with Crippen LogP contribution in [0.2, 0.25) is 5.02 Å². The van der Waals surface area contributed by atoms with Gasteiger partial charge in [-0.2, -0.15) is 0 Å². The van der Waals surface area contributed by atoms with Gasteiger partial charge in [0.15, 0.2) is 5.78 Å². The van der Waals surface area contributed by atoms with Gasteiger partial charge in [-0.1, -0.05) is 35.9 Å². The minimum Gasteiger partial charge on any atom is -0.294 e. The highest BCUT2D eigenvalue weighted by Crippen LogP contribution is 2.31. The van der Waals surface area contributed by atoms with Crippen LogP contribution in [0.4, 0.5) is 4.39 Å². The minimum absolute atomic E-state index is 0.0966. The molecule has 0 unspecified atom stereocenters. The summed E-state index contributed by atoms with van der Waals surface area (Å²) < 4.78 is 13.9. The van der Waals surface area contributed by atoms with Crippen LogP contribution >= 0.6 is 11.6 Å². The summed E-state index contributed by atoms with van der Waals surface area (Å²) in [6.45, 7) is 0. The molecule has 0 N–H and O–H groups in total. The summed E-state index contributed by atoms with van der Waals surface area (Å²) in [5.41, 5.74) is 2.90. The van der Waals surface area contributed by atoms with E-state index in [0.717, 1.165) is 12.0 Å². The Kier molecular flexibility index (Phi) is 2.67. The van der Waals surface area contributed by atoms with Crippen LogP contribution in [0.25, 0.3) is 11.1 Å². The van der Waals surface area contributed by atoms with Crippen molar-refractivity contribution in [2.24, 2.45) is 0 Å². The molecule has 0 saturated carbocycles. The molecular weight excluding hydrogens is 251 g/mol. The minimum atomic E-state index is -0.440. The monoisotopic (exact) mass is 260 g/mol. The highest BCUT2D eigenvalue weighted by molar-refractivity contribution is 6.31. The van der Waals surface area contributed by atoms with Gasteiger partial charge in [0.25, 0.3) is 0 Å². The Morgan fingerprint density at radius 3 is 2.72 bits per heavy atom. The van der Waals surface area contributed by atoms with Crippen LogP contribution in [0.1, 0.15) is 22.3 Å². The van der Waals surface area contributed by atoms with Gasteiger partial charge in [-0.3, -0.25) is 4.79 Å². The van der Waals surface area contributed by atoms with Crippen molar-refractivity contribution in [1.29, 1.82) is 0 Å². The summed E-state index contributed by atoms with van der Waals surface area (Å²) in [4.78, 5) is 11.7. The van der Waals surface area contributed by atoms with Gasteiger partial charge in [-0.15, -0.1) is 0 Å². The average molecular weight is 261 g/mol. The Labute approximate surface area is 109 Å². The molecule has 3 rings (SSSR count). The fourth-order valence-electron chi connectivity index (χ4n) is 2.33. The molecule has 18 heavy (non-hydrogen) atoms. The maximum absolute atomic E-state index is 13.9. The van der Waals surface area contributed by atoms with Crippen molar-refractivity contribution in [2.75, 3.05) is 0 Å². The van der Waals surface area contributed by atoms with Crippen LogP contribution in [-0.2, 0) is 6.42 Å². The second-order valence-corrected chi connectivity index (χ2v) is 4.80. The van der Waals surface area contributed by atoms with E-state index in [9.17, 15) is 9.18 Å². The Morgan fingerprint density at radius 2 is 1.89 bits per heavy atom. The molecule has 0 aliphatic heterocycles. The van der Waals surface area contributed by atoms with Crippen LogP contribution in [0.3, 0.4) is 0 Å². The molecule has 2 aromatic carbocycles. The van der Waals surface area contributed by atoms with Crippen LogP contribution in [0.15, 0.2) is 36.4 Å². The van der Waals surface area contributed by atoms with E-state index >= 15 is 0 Å². The Bertz CT molecular complexity index is 649. The second-order valence-electron chi connectivity index (χ2n) is 4.40. The lowest BCUT2D eigenvalue weighted by Crippen LogP contribution is -1.93. The Morgan fingerprint density at radius 1 is 1.06 bits per heavy atom. The number of carbonyl (C=O) groups is 1. The smallest absolute Gasteiger partial charge is 0.163 e. The molecular formula is C15H10ClFO. The number of ketones is 1. The molecule has 0 radical (unpaired) electrons. The molecule has 0 heterocycles. The molecule has 0 fully saturated rings. The molecule has 0 atom stereocenters. The molecule has 0 aromatic heterocycles. The van der Waals surface area contributed by atoms with Crippen molar-refractivity contribution in [2.45, 2.75) is 12.8 Å². The van der Waals surface area contributed by atoms with Gasteiger partial charge in [-0.05, 0) is 29.7 Å². The standard InChI is InChI=1S/C15H10ClFO/c16-13-3-1-2-11(15(13)17)10-5-4-9-6-7-14(18)12(9)8-10/h1-5,8H,6-7H2. The quantitative estimate of drug-likeness (QED) is 0.748. The maximum atomic E-state index is 13.9. The van der Waals surface area contributed by atoms with Gasteiger partial charge in [-0.25, -0.2) is 4.39 Å². The van der Waals surface area contributed by atoms with E-state index in [4.69, 9.17) is 11.6 Å². The van der Waals surface area contributed by atoms with Crippen molar-refractivity contribution < 1.29 is 9.18 Å². The fraction of sp³-hybridized carbons (Fsp3) is 0.133. The first-order valence-corrected chi connectivity index (χ1v) is 6.15. The van der Waals surface area contributed by atoms with E-state index in [-0.39, 0.29) is 10.8 Å². The van der Waals surface area contributed by atoms with Crippen LogP contribution in [0, 0.1) is 5.82 Å². The molecule has 1 aliphatic carbocycles. The fourth-order valence-corrected chi connectivity index (χ4v) is 2.51. The Hall–Kier alpha value is -1.67. The number of hydrogen-bond acceptors (Lipinski definition) is 1. The number of hydrogen-bond donors (Lipinski definition) is 0. The summed E-state index contributed by atoms with van der Waals surface area (Å²) in [5, 5.41) is 0.0966. The van der Waals surface area contributed by atoms with Gasteiger partial charge in [0.2, 0.25) is 0 Å². The molecule has 1 aliphatic rings. The summed E-state index contributed by atoms with van der Waals surface area (Å²) in [7, 11) is 0. The van der Waals surface area contributed by atoms with E-state index in [0.29, 0.717) is 23.1 Å². The number of fused-ring (bicyclic) bond motifs is 1. The third-order valence-electron chi connectivity index (χ3n) is 3.29. The molecule has 0 amide bonds. The van der Waals surface area contributed by atoms with E-state index < -0.39 is 5.82 Å². The average Bonchev–Trinajstić information content (AvgIpc) is 2.74. The highest BCUT2D eigenvalue weighted by atomic mass is 35.5. The summed E-state index contributed by atoms with van der Waals surface area (Å²) in [6.07, 6.45) is 1.34. The van der Waals surface area contributed by atoms with Crippen LogP contribution in [0.5, 0.6) is 0 Å². The van der Waals surface area contributed by atoms with E-state index in [1.54, 1.807) is 18.2 Å². The van der Waals surface area contributed by atoms with Crippen molar-refractivity contribution >= 4 is 17.4 Å². The van der Waals surface area contributed by atoms with Gasteiger partial charge in [0.1, 0.15) is 5.82 Å². The normalized spacial score (nSPS) is 13.8. The van der Waals surface area contributed by atoms with Gasteiger partial charge < -0.3 is 0 Å². The lowest BCUT2D eigenvalue weighted by molar-refractivity contribution is 0.0994. The number of aryl methyl sites for hydroxylation is 1. The number of Topliss-reactive ketones (excluding diaryl/α,β-unsaturated/α-hetero) is 1. The molecule has 3 heteroatoms. The third kappa shape index (κ3) is 1.73. The first-order valence-electron chi connectivity index (χ1n) is 5.77. The zero-order chi connectivity index (χ0) is 12.7. The number of benzene rings is 2.